The maximum atomic E-state index is 13.2. The monoisotopic (exact) mass is 469 g/mol. The van der Waals surface area contributed by atoms with E-state index < -0.39 is 0 Å². The summed E-state index contributed by atoms with van der Waals surface area (Å²) in [6.45, 7) is 2.00. The Morgan fingerprint density at radius 2 is 1.78 bits per heavy atom. The zero-order valence-electron chi connectivity index (χ0n) is 17.4. The van der Waals surface area contributed by atoms with Crippen LogP contribution in [0.1, 0.15) is 49.8 Å². The van der Waals surface area contributed by atoms with Crippen LogP contribution in [0.15, 0.2) is 58.1 Å². The second kappa shape index (κ2) is 9.03. The molecule has 0 saturated heterocycles. The lowest BCUT2D eigenvalue weighted by Crippen LogP contribution is -2.09. The Balaban J connectivity index is 1.44. The van der Waals surface area contributed by atoms with Crippen LogP contribution in [0, 0.1) is 5.82 Å². The van der Waals surface area contributed by atoms with Gasteiger partial charge in [0.2, 0.25) is 11.8 Å². The van der Waals surface area contributed by atoms with E-state index in [1.54, 1.807) is 12.1 Å². The van der Waals surface area contributed by atoms with Gasteiger partial charge in [0.1, 0.15) is 5.82 Å². The summed E-state index contributed by atoms with van der Waals surface area (Å²) in [4.78, 5) is 0. The Morgan fingerprint density at radius 3 is 2.53 bits per heavy atom. The van der Waals surface area contributed by atoms with Crippen LogP contribution in [-0.2, 0) is 0 Å². The van der Waals surface area contributed by atoms with Crippen molar-refractivity contribution in [1.29, 1.82) is 0 Å². The van der Waals surface area contributed by atoms with Gasteiger partial charge < -0.3 is 4.42 Å². The molecule has 0 amide bonds. The molecule has 1 aliphatic rings. The first-order chi connectivity index (χ1) is 15.6. The van der Waals surface area contributed by atoms with Crippen molar-refractivity contribution in [2.24, 2.45) is 0 Å². The summed E-state index contributed by atoms with van der Waals surface area (Å²) in [6, 6.07) is 14.0. The number of benzene rings is 2. The third kappa shape index (κ3) is 4.17. The van der Waals surface area contributed by atoms with E-state index in [0.29, 0.717) is 28.4 Å². The Bertz CT molecular complexity index is 1220. The SMILES string of the molecule is C[C@@H](Sc1nnc(-c2ccccc2Cl)n1C1CCCC1)c1nnc(-c2ccc(F)cc2)o1. The average Bonchev–Trinajstić information content (AvgIpc) is 3.55. The molecule has 0 radical (unpaired) electrons. The fourth-order valence-corrected chi connectivity index (χ4v) is 5.16. The highest BCUT2D eigenvalue weighted by atomic mass is 35.5. The number of aromatic nitrogens is 5. The molecule has 1 atom stereocenters. The van der Waals surface area contributed by atoms with E-state index in [0.717, 1.165) is 29.4 Å². The zero-order chi connectivity index (χ0) is 22.1. The van der Waals surface area contributed by atoms with Crippen LogP contribution in [0.5, 0.6) is 0 Å². The number of hydrogen-bond donors (Lipinski definition) is 0. The summed E-state index contributed by atoms with van der Waals surface area (Å²) in [5, 5.41) is 18.7. The van der Waals surface area contributed by atoms with Gasteiger partial charge in [0.05, 0.1) is 10.3 Å². The fraction of sp³-hybridized carbons (Fsp3) is 0.304. The van der Waals surface area contributed by atoms with E-state index in [-0.39, 0.29) is 11.1 Å². The molecule has 1 aliphatic carbocycles. The first kappa shape index (κ1) is 21.2. The van der Waals surface area contributed by atoms with E-state index in [1.165, 1.54) is 36.7 Å². The van der Waals surface area contributed by atoms with Crippen LogP contribution in [-0.4, -0.2) is 25.0 Å². The Hall–Kier alpha value is -2.71. The minimum atomic E-state index is -0.307. The van der Waals surface area contributed by atoms with E-state index in [4.69, 9.17) is 16.0 Å². The van der Waals surface area contributed by atoms with Gasteiger partial charge in [-0.2, -0.15) is 0 Å². The van der Waals surface area contributed by atoms with Gasteiger partial charge in [-0.15, -0.1) is 20.4 Å². The number of halogens is 2. The fourth-order valence-electron chi connectivity index (χ4n) is 3.99. The second-order valence-electron chi connectivity index (χ2n) is 7.81. The Kier molecular flexibility index (Phi) is 5.97. The van der Waals surface area contributed by atoms with Crippen LogP contribution >= 0.6 is 23.4 Å². The van der Waals surface area contributed by atoms with Crippen molar-refractivity contribution >= 4 is 23.4 Å². The highest BCUT2D eigenvalue weighted by molar-refractivity contribution is 7.99. The van der Waals surface area contributed by atoms with Crippen LogP contribution in [0.4, 0.5) is 4.39 Å². The van der Waals surface area contributed by atoms with Crippen molar-refractivity contribution in [3.63, 3.8) is 0 Å². The summed E-state index contributed by atoms with van der Waals surface area (Å²) in [5.41, 5.74) is 1.56. The van der Waals surface area contributed by atoms with Gasteiger partial charge in [-0.05, 0) is 56.2 Å². The van der Waals surface area contributed by atoms with Crippen LogP contribution in [0.2, 0.25) is 5.02 Å². The van der Waals surface area contributed by atoms with Crippen LogP contribution < -0.4 is 0 Å². The van der Waals surface area contributed by atoms with Gasteiger partial charge in [0, 0.05) is 17.2 Å². The number of rotatable bonds is 6. The number of thioether (sulfide) groups is 1. The Morgan fingerprint density at radius 1 is 1.03 bits per heavy atom. The van der Waals surface area contributed by atoms with Crippen molar-refractivity contribution in [1.82, 2.24) is 25.0 Å². The van der Waals surface area contributed by atoms with Gasteiger partial charge in [0.15, 0.2) is 11.0 Å². The van der Waals surface area contributed by atoms with Gasteiger partial charge in [0.25, 0.3) is 0 Å². The minimum absolute atomic E-state index is 0.139. The molecule has 2 aromatic carbocycles. The lowest BCUT2D eigenvalue weighted by molar-refractivity contribution is 0.482. The van der Waals surface area contributed by atoms with E-state index >= 15 is 0 Å². The van der Waals surface area contributed by atoms with E-state index in [2.05, 4.69) is 25.0 Å². The minimum Gasteiger partial charge on any atom is -0.419 e. The van der Waals surface area contributed by atoms with Gasteiger partial charge in [-0.1, -0.05) is 48.3 Å². The molecule has 5 rings (SSSR count). The molecule has 2 heterocycles. The van der Waals surface area contributed by atoms with E-state index in [1.807, 2.05) is 31.2 Å². The van der Waals surface area contributed by atoms with Gasteiger partial charge >= 0.3 is 0 Å². The normalized spacial score (nSPS) is 15.3. The molecule has 0 aliphatic heterocycles. The van der Waals surface area contributed by atoms with Crippen molar-refractivity contribution in [3.05, 3.63) is 65.3 Å². The standard InChI is InChI=1S/C23H21ClFN5OS/c1-14(21-27-28-22(31-21)15-10-12-16(25)13-11-15)32-23-29-26-20(18-8-4-5-9-19(18)24)30(23)17-6-2-3-7-17/h4-5,8-14,17H,2-3,6-7H2,1H3/t14-/m1/s1. The maximum Gasteiger partial charge on any atom is 0.247 e. The predicted molar refractivity (Wildman–Crippen MR) is 122 cm³/mol. The lowest BCUT2D eigenvalue weighted by atomic mass is 10.2. The highest BCUT2D eigenvalue weighted by Gasteiger charge is 2.28. The van der Waals surface area contributed by atoms with Gasteiger partial charge in [-0.3, -0.25) is 4.57 Å². The van der Waals surface area contributed by atoms with Crippen LogP contribution in [0.25, 0.3) is 22.8 Å². The smallest absolute Gasteiger partial charge is 0.247 e. The summed E-state index contributed by atoms with van der Waals surface area (Å²) in [5.74, 6) is 1.32. The Labute approximate surface area is 194 Å². The molecule has 6 nitrogen and oxygen atoms in total. The lowest BCUT2D eigenvalue weighted by Gasteiger charge is -2.18. The highest BCUT2D eigenvalue weighted by Crippen LogP contribution is 2.41. The summed E-state index contributed by atoms with van der Waals surface area (Å²) < 4.78 is 21.3. The van der Waals surface area contributed by atoms with Crippen molar-refractivity contribution in [3.8, 4) is 22.8 Å². The zero-order valence-corrected chi connectivity index (χ0v) is 19.0. The molecular formula is C23H21ClFN5OS. The summed E-state index contributed by atoms with van der Waals surface area (Å²) >= 11 is 8.01. The van der Waals surface area contributed by atoms with E-state index in [9.17, 15) is 4.39 Å². The molecule has 0 bridgehead atoms. The third-order valence-electron chi connectivity index (χ3n) is 5.63. The molecular weight excluding hydrogens is 449 g/mol. The molecule has 2 aromatic heterocycles. The first-order valence-corrected chi connectivity index (χ1v) is 11.8. The number of hydrogen-bond acceptors (Lipinski definition) is 6. The number of nitrogens with zero attached hydrogens (tertiary/aromatic N) is 5. The molecule has 32 heavy (non-hydrogen) atoms. The van der Waals surface area contributed by atoms with Crippen molar-refractivity contribution < 1.29 is 8.81 Å². The summed E-state index contributed by atoms with van der Waals surface area (Å²) in [7, 11) is 0. The van der Waals surface area contributed by atoms with Crippen molar-refractivity contribution in [2.75, 3.05) is 0 Å². The van der Waals surface area contributed by atoms with Gasteiger partial charge in [-0.25, -0.2) is 4.39 Å². The third-order valence-corrected chi connectivity index (χ3v) is 7.00. The molecule has 164 valence electrons. The second-order valence-corrected chi connectivity index (χ2v) is 9.52. The molecule has 0 N–H and O–H groups in total. The molecule has 4 aromatic rings. The first-order valence-electron chi connectivity index (χ1n) is 10.6. The molecule has 0 spiro atoms. The maximum absolute atomic E-state index is 13.2. The molecule has 1 fully saturated rings. The quantitative estimate of drug-likeness (QED) is 0.291. The predicted octanol–water partition coefficient (Wildman–Crippen LogP) is 6.76. The van der Waals surface area contributed by atoms with Crippen molar-refractivity contribution in [2.45, 2.75) is 49.1 Å². The topological polar surface area (TPSA) is 69.6 Å². The largest absolute Gasteiger partial charge is 0.419 e. The molecule has 1 saturated carbocycles. The summed E-state index contributed by atoms with van der Waals surface area (Å²) in [6.07, 6.45) is 4.56. The molecule has 9 heteroatoms. The average molecular weight is 470 g/mol. The molecule has 0 unspecified atom stereocenters. The van der Waals surface area contributed by atoms with Crippen LogP contribution in [0.3, 0.4) is 0 Å².